The summed E-state index contributed by atoms with van der Waals surface area (Å²) in [7, 11) is 0. The first-order valence-corrected chi connectivity index (χ1v) is 12.0. The summed E-state index contributed by atoms with van der Waals surface area (Å²) in [5, 5.41) is 13.2. The van der Waals surface area contributed by atoms with Gasteiger partial charge in [0.05, 0.1) is 17.9 Å². The van der Waals surface area contributed by atoms with Gasteiger partial charge in [0.25, 0.3) is 5.91 Å². The maximum absolute atomic E-state index is 12.8. The summed E-state index contributed by atoms with van der Waals surface area (Å²) < 4.78 is 1.93. The third-order valence-corrected chi connectivity index (χ3v) is 7.87. The smallest absolute Gasteiger partial charge is 0.256 e. The molecule has 1 saturated heterocycles. The normalized spacial score (nSPS) is 19.5. The second kappa shape index (κ2) is 7.48. The fraction of sp³-hybridized carbons (Fsp3) is 0.400. The molecule has 1 saturated carbocycles. The molecule has 2 amide bonds. The monoisotopic (exact) mass is 463 g/mol. The van der Waals surface area contributed by atoms with Gasteiger partial charge in [0.2, 0.25) is 5.91 Å². The SMILES string of the molecule is CC1(C(=O)N2CCC(n3cc(Nc4ccc5c6c(cccc46)C(=O)N5)c(Cl)n3)CC2)CCC1. The van der Waals surface area contributed by atoms with E-state index < -0.39 is 0 Å². The Morgan fingerprint density at radius 3 is 2.70 bits per heavy atom. The van der Waals surface area contributed by atoms with Gasteiger partial charge in [-0.25, -0.2) is 0 Å². The number of nitrogens with one attached hydrogen (secondary N) is 2. The highest BCUT2D eigenvalue weighted by atomic mass is 35.5. The Balaban J connectivity index is 1.20. The minimum Gasteiger partial charge on any atom is -0.351 e. The Morgan fingerprint density at radius 1 is 1.18 bits per heavy atom. The van der Waals surface area contributed by atoms with Crippen LogP contribution in [0.15, 0.2) is 36.5 Å². The molecule has 8 heteroatoms. The third kappa shape index (κ3) is 3.29. The minimum atomic E-state index is -0.140. The highest BCUT2D eigenvalue weighted by Gasteiger charge is 2.42. The van der Waals surface area contributed by atoms with Crippen LogP contribution in [-0.2, 0) is 4.79 Å². The Kier molecular flexibility index (Phi) is 4.66. The van der Waals surface area contributed by atoms with Crippen molar-refractivity contribution in [2.75, 3.05) is 23.7 Å². The van der Waals surface area contributed by atoms with Crippen molar-refractivity contribution in [2.45, 2.75) is 45.1 Å². The summed E-state index contributed by atoms with van der Waals surface area (Å²) in [5.74, 6) is 0.239. The highest BCUT2D eigenvalue weighted by molar-refractivity contribution is 6.32. The van der Waals surface area contributed by atoms with Crippen molar-refractivity contribution in [1.29, 1.82) is 0 Å². The zero-order chi connectivity index (χ0) is 22.7. The molecule has 2 N–H and O–H groups in total. The molecule has 6 rings (SSSR count). The fourth-order valence-electron chi connectivity index (χ4n) is 5.42. The first kappa shape index (κ1) is 20.5. The lowest BCUT2D eigenvalue weighted by Crippen LogP contribution is -2.49. The van der Waals surface area contributed by atoms with Crippen molar-refractivity contribution in [2.24, 2.45) is 5.41 Å². The van der Waals surface area contributed by atoms with Crippen LogP contribution in [0, 0.1) is 5.41 Å². The number of benzene rings is 2. The average molecular weight is 464 g/mol. The van der Waals surface area contributed by atoms with E-state index in [1.54, 1.807) is 0 Å². The zero-order valence-electron chi connectivity index (χ0n) is 18.5. The van der Waals surface area contributed by atoms with E-state index in [-0.39, 0.29) is 17.4 Å². The van der Waals surface area contributed by atoms with Gasteiger partial charge < -0.3 is 15.5 Å². The first-order chi connectivity index (χ1) is 15.9. The Morgan fingerprint density at radius 2 is 1.97 bits per heavy atom. The van der Waals surface area contributed by atoms with Gasteiger partial charge in [-0.1, -0.05) is 37.1 Å². The minimum absolute atomic E-state index is 0.0743. The standard InChI is InChI=1S/C25H26ClN5O2/c1-25(10-3-11-25)24(33)30-12-8-15(9-13-30)31-14-20(22(26)29-31)27-18-6-7-19-21-16(18)4-2-5-17(21)23(32)28-19/h2,4-7,14-15,27H,3,8-13H2,1H3,(H,28,32). The first-order valence-electron chi connectivity index (χ1n) is 11.6. The molecule has 0 unspecified atom stereocenters. The van der Waals surface area contributed by atoms with E-state index in [0.29, 0.717) is 16.6 Å². The molecule has 170 valence electrons. The van der Waals surface area contributed by atoms with Crippen molar-refractivity contribution in [3.05, 3.63) is 47.2 Å². The summed E-state index contributed by atoms with van der Waals surface area (Å²) >= 11 is 6.50. The molecule has 0 atom stereocenters. The van der Waals surface area contributed by atoms with Crippen molar-refractivity contribution >= 4 is 51.2 Å². The summed E-state index contributed by atoms with van der Waals surface area (Å²) in [6.07, 6.45) is 6.87. The molecule has 0 radical (unpaired) electrons. The predicted octanol–water partition coefficient (Wildman–Crippen LogP) is 5.35. The van der Waals surface area contributed by atoms with Gasteiger partial charge in [0, 0.05) is 46.2 Å². The number of amides is 2. The number of rotatable bonds is 4. The Bertz CT molecular complexity index is 1290. The van der Waals surface area contributed by atoms with Crippen molar-refractivity contribution in [3.8, 4) is 0 Å². The lowest BCUT2D eigenvalue weighted by molar-refractivity contribution is -0.147. The van der Waals surface area contributed by atoms with Gasteiger partial charge >= 0.3 is 0 Å². The maximum atomic E-state index is 12.8. The van der Waals surface area contributed by atoms with Crippen LogP contribution in [0.3, 0.4) is 0 Å². The van der Waals surface area contributed by atoms with Crippen LogP contribution in [0.25, 0.3) is 10.8 Å². The molecular formula is C25H26ClN5O2. The van der Waals surface area contributed by atoms with Crippen LogP contribution in [-0.4, -0.2) is 39.6 Å². The van der Waals surface area contributed by atoms with Crippen LogP contribution in [0.4, 0.5) is 17.1 Å². The number of piperidine rings is 1. The average Bonchev–Trinajstić information content (AvgIpc) is 3.34. The van der Waals surface area contributed by atoms with Crippen LogP contribution >= 0.6 is 11.6 Å². The molecule has 3 aromatic rings. The van der Waals surface area contributed by atoms with E-state index in [1.807, 2.05) is 46.1 Å². The van der Waals surface area contributed by atoms with Gasteiger partial charge in [-0.05, 0) is 43.9 Å². The molecule has 2 aliphatic heterocycles. The van der Waals surface area contributed by atoms with E-state index in [1.165, 1.54) is 0 Å². The molecule has 0 bridgehead atoms. The maximum Gasteiger partial charge on any atom is 0.256 e. The van der Waals surface area contributed by atoms with Crippen molar-refractivity contribution in [1.82, 2.24) is 14.7 Å². The van der Waals surface area contributed by atoms with E-state index in [4.69, 9.17) is 11.6 Å². The largest absolute Gasteiger partial charge is 0.351 e. The van der Waals surface area contributed by atoms with Gasteiger partial charge in [-0.3, -0.25) is 14.3 Å². The van der Waals surface area contributed by atoms with Gasteiger partial charge in [-0.2, -0.15) is 5.10 Å². The molecule has 3 aliphatic rings. The van der Waals surface area contributed by atoms with Crippen LogP contribution < -0.4 is 10.6 Å². The van der Waals surface area contributed by atoms with Crippen LogP contribution in [0.5, 0.6) is 0 Å². The van der Waals surface area contributed by atoms with E-state index in [0.717, 1.165) is 73.0 Å². The molecule has 2 fully saturated rings. The number of hydrogen-bond donors (Lipinski definition) is 2. The van der Waals surface area contributed by atoms with Crippen LogP contribution in [0.1, 0.15) is 55.4 Å². The number of hydrogen-bond acceptors (Lipinski definition) is 4. The second-order valence-corrected chi connectivity index (χ2v) is 10.1. The van der Waals surface area contributed by atoms with E-state index in [2.05, 4.69) is 22.7 Å². The zero-order valence-corrected chi connectivity index (χ0v) is 19.3. The summed E-state index contributed by atoms with van der Waals surface area (Å²) in [6, 6.07) is 9.80. The van der Waals surface area contributed by atoms with E-state index in [9.17, 15) is 9.59 Å². The lowest BCUT2D eigenvalue weighted by Gasteiger charge is -2.43. The van der Waals surface area contributed by atoms with Crippen LogP contribution in [0.2, 0.25) is 5.15 Å². The second-order valence-electron chi connectivity index (χ2n) is 9.72. The number of anilines is 3. The number of aromatic nitrogens is 2. The summed E-state index contributed by atoms with van der Waals surface area (Å²) in [5.41, 5.74) is 2.98. The Labute approximate surface area is 197 Å². The lowest BCUT2D eigenvalue weighted by atomic mass is 9.69. The van der Waals surface area contributed by atoms with Gasteiger partial charge in [0.15, 0.2) is 5.15 Å². The molecule has 1 aromatic heterocycles. The molecule has 3 heterocycles. The van der Waals surface area contributed by atoms with Crippen molar-refractivity contribution < 1.29 is 9.59 Å². The summed E-state index contributed by atoms with van der Waals surface area (Å²) in [6.45, 7) is 3.62. The fourth-order valence-corrected chi connectivity index (χ4v) is 5.60. The van der Waals surface area contributed by atoms with Gasteiger partial charge in [0.1, 0.15) is 0 Å². The molecular weight excluding hydrogens is 438 g/mol. The highest BCUT2D eigenvalue weighted by Crippen LogP contribution is 2.43. The molecule has 7 nitrogen and oxygen atoms in total. The third-order valence-electron chi connectivity index (χ3n) is 7.59. The summed E-state index contributed by atoms with van der Waals surface area (Å²) in [4.78, 5) is 27.1. The van der Waals surface area contributed by atoms with Crippen molar-refractivity contribution in [3.63, 3.8) is 0 Å². The number of likely N-dealkylation sites (tertiary alicyclic amines) is 1. The topological polar surface area (TPSA) is 79.3 Å². The molecule has 33 heavy (non-hydrogen) atoms. The number of carbonyl (C=O) groups excluding carboxylic acids is 2. The molecule has 0 spiro atoms. The van der Waals surface area contributed by atoms with E-state index >= 15 is 0 Å². The number of halogens is 1. The van der Waals surface area contributed by atoms with Gasteiger partial charge in [-0.15, -0.1) is 0 Å². The molecule has 1 aliphatic carbocycles. The quantitative estimate of drug-likeness (QED) is 0.546. The number of carbonyl (C=O) groups is 2. The Hall–Kier alpha value is -3.06. The number of nitrogens with zero attached hydrogens (tertiary/aromatic N) is 3. The predicted molar refractivity (Wildman–Crippen MR) is 129 cm³/mol. The molecule has 2 aromatic carbocycles.